The van der Waals surface area contributed by atoms with Gasteiger partial charge in [-0.3, -0.25) is 4.79 Å². The summed E-state index contributed by atoms with van der Waals surface area (Å²) in [5, 5.41) is 3.23. The molecule has 0 bridgehead atoms. The van der Waals surface area contributed by atoms with Crippen molar-refractivity contribution in [2.75, 3.05) is 35.0 Å². The highest BCUT2D eigenvalue weighted by atomic mass is 35.5. The second-order valence-electron chi connectivity index (χ2n) is 6.04. The number of hydrogen-bond donors (Lipinski definition) is 1. The number of rotatable bonds is 10. The van der Waals surface area contributed by atoms with E-state index in [0.717, 1.165) is 5.56 Å². The molecular formula is C22H26ClNO6. The largest absolute Gasteiger partial charge is 0.496 e. The average molecular weight is 436 g/mol. The van der Waals surface area contributed by atoms with E-state index in [2.05, 4.69) is 5.32 Å². The summed E-state index contributed by atoms with van der Waals surface area (Å²) >= 11 is 6.26. The van der Waals surface area contributed by atoms with Gasteiger partial charge in [0.05, 0.1) is 40.1 Å². The second-order valence-corrected chi connectivity index (χ2v) is 6.44. The normalized spacial score (nSPS) is 10.6. The van der Waals surface area contributed by atoms with E-state index in [1.807, 2.05) is 6.92 Å². The van der Waals surface area contributed by atoms with Crippen molar-refractivity contribution in [3.8, 4) is 28.7 Å². The van der Waals surface area contributed by atoms with Crippen molar-refractivity contribution >= 4 is 23.6 Å². The van der Waals surface area contributed by atoms with Gasteiger partial charge in [0, 0.05) is 24.3 Å². The lowest BCUT2D eigenvalue weighted by molar-refractivity contribution is -0.116. The van der Waals surface area contributed by atoms with Gasteiger partial charge in [-0.1, -0.05) is 11.6 Å². The van der Waals surface area contributed by atoms with Crippen LogP contribution in [0.2, 0.25) is 5.02 Å². The smallest absolute Gasteiger partial charge is 0.244 e. The number of carbonyl (C=O) groups is 1. The van der Waals surface area contributed by atoms with Crippen LogP contribution in [0.25, 0.3) is 6.08 Å². The van der Waals surface area contributed by atoms with Gasteiger partial charge in [0.1, 0.15) is 5.75 Å². The highest BCUT2D eigenvalue weighted by molar-refractivity contribution is 6.32. The highest BCUT2D eigenvalue weighted by Gasteiger charge is 2.13. The van der Waals surface area contributed by atoms with Crippen LogP contribution in [0.5, 0.6) is 28.7 Å². The van der Waals surface area contributed by atoms with Gasteiger partial charge in [-0.05, 0) is 36.8 Å². The topological polar surface area (TPSA) is 75.3 Å². The second kappa shape index (κ2) is 11.2. The Labute approximate surface area is 181 Å². The molecule has 0 heterocycles. The molecular weight excluding hydrogens is 410 g/mol. The highest BCUT2D eigenvalue weighted by Crippen LogP contribution is 2.37. The maximum absolute atomic E-state index is 12.3. The van der Waals surface area contributed by atoms with E-state index in [4.69, 9.17) is 35.3 Å². The minimum Gasteiger partial charge on any atom is -0.496 e. The number of halogens is 1. The summed E-state index contributed by atoms with van der Waals surface area (Å²) in [5.41, 5.74) is 1.46. The molecule has 0 aliphatic rings. The summed E-state index contributed by atoms with van der Waals surface area (Å²) in [6.45, 7) is 2.58. The molecule has 2 aromatic rings. The Hall–Kier alpha value is -3.06. The molecule has 162 valence electrons. The fourth-order valence-corrected chi connectivity index (χ4v) is 3.04. The zero-order valence-corrected chi connectivity index (χ0v) is 18.5. The van der Waals surface area contributed by atoms with E-state index < -0.39 is 0 Å². The Morgan fingerprint density at radius 2 is 1.57 bits per heavy atom. The van der Waals surface area contributed by atoms with E-state index in [0.29, 0.717) is 45.9 Å². The van der Waals surface area contributed by atoms with Crippen LogP contribution in [0.15, 0.2) is 30.3 Å². The maximum Gasteiger partial charge on any atom is 0.244 e. The third-order valence-corrected chi connectivity index (χ3v) is 4.49. The summed E-state index contributed by atoms with van der Waals surface area (Å²) in [4.78, 5) is 12.3. The van der Waals surface area contributed by atoms with Crippen molar-refractivity contribution in [3.05, 3.63) is 46.5 Å². The molecule has 0 saturated heterocycles. The lowest BCUT2D eigenvalue weighted by Crippen LogP contribution is -2.20. The molecule has 1 N–H and O–H groups in total. The predicted molar refractivity (Wildman–Crippen MR) is 116 cm³/mol. The molecule has 0 aliphatic carbocycles. The van der Waals surface area contributed by atoms with Crippen LogP contribution in [0.4, 0.5) is 0 Å². The van der Waals surface area contributed by atoms with Crippen molar-refractivity contribution in [3.63, 3.8) is 0 Å². The predicted octanol–water partition coefficient (Wildman–Crippen LogP) is 4.10. The summed E-state index contributed by atoms with van der Waals surface area (Å²) < 4.78 is 26.8. The van der Waals surface area contributed by atoms with Crippen LogP contribution in [0.1, 0.15) is 18.1 Å². The quantitative estimate of drug-likeness (QED) is 0.566. The molecule has 0 fully saturated rings. The first kappa shape index (κ1) is 23.2. The van der Waals surface area contributed by atoms with Gasteiger partial charge in [0.2, 0.25) is 5.91 Å². The standard InChI is InChI=1S/C22H26ClNO6/c1-6-30-22-16(23)9-14(10-20(22)29-5)7-8-21(25)24-13-15-11-18(27-3)19(28-4)12-17(15)26-2/h7-12H,6,13H2,1-5H3,(H,24,25)/b8-7+. The molecule has 0 aromatic heterocycles. The zero-order valence-electron chi connectivity index (χ0n) is 17.7. The minimum absolute atomic E-state index is 0.250. The van der Waals surface area contributed by atoms with E-state index in [1.165, 1.54) is 13.2 Å². The van der Waals surface area contributed by atoms with E-state index in [1.54, 1.807) is 51.7 Å². The molecule has 0 atom stereocenters. The molecule has 0 spiro atoms. The summed E-state index contributed by atoms with van der Waals surface area (Å²) in [6, 6.07) is 6.93. The minimum atomic E-state index is -0.282. The maximum atomic E-state index is 12.3. The molecule has 2 aromatic carbocycles. The first-order valence-electron chi connectivity index (χ1n) is 9.22. The zero-order chi connectivity index (χ0) is 22.1. The Morgan fingerprint density at radius 1 is 0.933 bits per heavy atom. The molecule has 2 rings (SSSR count). The van der Waals surface area contributed by atoms with Gasteiger partial charge in [0.25, 0.3) is 0 Å². The van der Waals surface area contributed by atoms with E-state index in [9.17, 15) is 4.79 Å². The SMILES string of the molecule is CCOc1c(Cl)cc(/C=C/C(=O)NCc2cc(OC)c(OC)cc2OC)cc1OC. The van der Waals surface area contributed by atoms with Crippen LogP contribution < -0.4 is 29.0 Å². The van der Waals surface area contributed by atoms with Crippen LogP contribution in [0.3, 0.4) is 0 Å². The summed E-state index contributed by atoms with van der Waals surface area (Å²) in [7, 11) is 6.18. The molecule has 1 amide bonds. The third kappa shape index (κ3) is 5.73. The van der Waals surface area contributed by atoms with Crippen molar-refractivity contribution in [2.45, 2.75) is 13.5 Å². The van der Waals surface area contributed by atoms with Crippen molar-refractivity contribution in [1.82, 2.24) is 5.32 Å². The number of ether oxygens (including phenoxy) is 5. The molecule has 8 heteroatoms. The van der Waals surface area contributed by atoms with E-state index in [-0.39, 0.29) is 12.5 Å². The molecule has 30 heavy (non-hydrogen) atoms. The average Bonchev–Trinajstić information content (AvgIpc) is 2.76. The fraction of sp³-hybridized carbons (Fsp3) is 0.318. The summed E-state index contributed by atoms with van der Waals surface area (Å²) in [5.74, 6) is 2.37. The number of carbonyl (C=O) groups excluding carboxylic acids is 1. The van der Waals surface area contributed by atoms with Crippen LogP contribution in [-0.2, 0) is 11.3 Å². The third-order valence-electron chi connectivity index (χ3n) is 4.21. The van der Waals surface area contributed by atoms with Gasteiger partial charge < -0.3 is 29.0 Å². The lowest BCUT2D eigenvalue weighted by atomic mass is 10.1. The van der Waals surface area contributed by atoms with Crippen LogP contribution >= 0.6 is 11.6 Å². The number of methoxy groups -OCH3 is 4. The van der Waals surface area contributed by atoms with Gasteiger partial charge in [-0.2, -0.15) is 0 Å². The number of hydrogen-bond acceptors (Lipinski definition) is 6. The first-order chi connectivity index (χ1) is 14.5. The Kier molecular flexibility index (Phi) is 8.68. The number of amides is 1. The van der Waals surface area contributed by atoms with Crippen LogP contribution in [0, 0.1) is 0 Å². The monoisotopic (exact) mass is 435 g/mol. The van der Waals surface area contributed by atoms with Crippen molar-refractivity contribution in [1.29, 1.82) is 0 Å². The van der Waals surface area contributed by atoms with Crippen molar-refractivity contribution in [2.24, 2.45) is 0 Å². The van der Waals surface area contributed by atoms with Gasteiger partial charge in [-0.15, -0.1) is 0 Å². The Morgan fingerprint density at radius 3 is 2.17 bits per heavy atom. The Bertz CT molecular complexity index is 913. The number of nitrogens with one attached hydrogen (secondary N) is 1. The fourth-order valence-electron chi connectivity index (χ4n) is 2.76. The molecule has 0 radical (unpaired) electrons. The summed E-state index contributed by atoms with van der Waals surface area (Å²) in [6.07, 6.45) is 3.06. The Balaban J connectivity index is 2.11. The van der Waals surface area contributed by atoms with Crippen LogP contribution in [-0.4, -0.2) is 41.0 Å². The molecule has 7 nitrogen and oxygen atoms in total. The van der Waals surface area contributed by atoms with Gasteiger partial charge in [-0.25, -0.2) is 0 Å². The molecule has 0 unspecified atom stereocenters. The van der Waals surface area contributed by atoms with Gasteiger partial charge >= 0.3 is 0 Å². The molecule has 0 aliphatic heterocycles. The van der Waals surface area contributed by atoms with E-state index >= 15 is 0 Å². The first-order valence-corrected chi connectivity index (χ1v) is 9.60. The van der Waals surface area contributed by atoms with Crippen molar-refractivity contribution < 1.29 is 28.5 Å². The lowest BCUT2D eigenvalue weighted by Gasteiger charge is -2.14. The van der Waals surface area contributed by atoms with Gasteiger partial charge in [0.15, 0.2) is 23.0 Å². The number of benzene rings is 2. The molecule has 0 saturated carbocycles.